The number of thioether (sulfide) groups is 1. The molecule has 0 bridgehead atoms. The number of hydrogen-bond donors (Lipinski definition) is 1. The van der Waals surface area contributed by atoms with E-state index in [1.54, 1.807) is 0 Å². The van der Waals surface area contributed by atoms with E-state index in [1.807, 2.05) is 0 Å². The molecule has 1 amide bonds. The molecule has 0 unspecified atom stereocenters. The molecule has 0 radical (unpaired) electrons. The van der Waals surface area contributed by atoms with Crippen LogP contribution in [0.15, 0.2) is 17.0 Å². The summed E-state index contributed by atoms with van der Waals surface area (Å²) in [6, 6.07) is 2.69. The van der Waals surface area contributed by atoms with Crippen molar-refractivity contribution in [1.29, 1.82) is 0 Å². The highest BCUT2D eigenvalue weighted by atomic mass is 32.2. The molecule has 2 aliphatic heterocycles. The van der Waals surface area contributed by atoms with Crippen molar-refractivity contribution in [2.24, 2.45) is 0 Å². The van der Waals surface area contributed by atoms with Crippen LogP contribution in [0.4, 0.5) is 5.69 Å². The zero-order valence-electron chi connectivity index (χ0n) is 13.2. The van der Waals surface area contributed by atoms with Crippen molar-refractivity contribution in [2.45, 2.75) is 12.8 Å². The minimum absolute atomic E-state index is 0.0262. The molecule has 1 aromatic rings. The van der Waals surface area contributed by atoms with E-state index in [4.69, 9.17) is 26.8 Å². The van der Waals surface area contributed by atoms with E-state index in [1.165, 1.54) is 23.1 Å². The first-order valence-corrected chi connectivity index (χ1v) is 8.64. The second-order valence-corrected chi connectivity index (χ2v) is 7.03. The number of carbonyl (C=O) groups excluding carboxylic acids is 1. The van der Waals surface area contributed by atoms with Gasteiger partial charge >= 0.3 is 5.97 Å². The van der Waals surface area contributed by atoms with Crippen LogP contribution < -0.4 is 9.47 Å². The van der Waals surface area contributed by atoms with Gasteiger partial charge in [-0.25, -0.2) is 0 Å². The number of fused-ring (bicyclic) bond motifs is 1. The molecule has 136 valence electrons. The van der Waals surface area contributed by atoms with Gasteiger partial charge in [-0.05, 0) is 18.6 Å². The lowest BCUT2D eigenvalue weighted by molar-refractivity contribution is -0.385. The van der Waals surface area contributed by atoms with Gasteiger partial charge in [-0.2, -0.15) is 0 Å². The van der Waals surface area contributed by atoms with E-state index in [0.717, 1.165) is 11.8 Å². The maximum Gasteiger partial charge on any atom is 0.303 e. The van der Waals surface area contributed by atoms with Gasteiger partial charge in [0.15, 0.2) is 11.5 Å². The molecule has 2 heterocycles. The number of benzene rings is 1. The molecule has 9 nitrogen and oxygen atoms in total. The highest BCUT2D eigenvalue weighted by Crippen LogP contribution is 2.40. The molecule has 1 N–H and O–H groups in total. The van der Waals surface area contributed by atoms with Gasteiger partial charge in [0.25, 0.3) is 11.6 Å². The number of amides is 1. The number of ether oxygens (including phenoxy) is 2. The summed E-state index contributed by atoms with van der Waals surface area (Å²) in [5, 5.41) is 20.0. The maximum absolute atomic E-state index is 12.5. The fraction of sp³-hybridized carbons (Fsp3) is 0.267. The summed E-state index contributed by atoms with van der Waals surface area (Å²) in [7, 11) is 0. The van der Waals surface area contributed by atoms with Crippen molar-refractivity contribution in [3.63, 3.8) is 0 Å². The fourth-order valence-corrected chi connectivity index (χ4v) is 3.74. The van der Waals surface area contributed by atoms with Crippen LogP contribution in [0.1, 0.15) is 18.4 Å². The SMILES string of the molecule is O=C(O)CCCN1C(=O)C(=Cc2cc3c(cc2[N+](=O)[O-])OCO3)SC1=S. The highest BCUT2D eigenvalue weighted by Gasteiger charge is 2.33. The number of nitro groups is 1. The van der Waals surface area contributed by atoms with Gasteiger partial charge in [0.05, 0.1) is 21.5 Å². The number of carbonyl (C=O) groups is 2. The predicted octanol–water partition coefficient (Wildman–Crippen LogP) is 2.39. The number of nitrogens with zero attached hydrogens (tertiary/aromatic N) is 2. The Labute approximate surface area is 156 Å². The Kier molecular flexibility index (Phi) is 5.09. The maximum atomic E-state index is 12.5. The Morgan fingerprint density at radius 2 is 2.12 bits per heavy atom. The molecule has 2 aliphatic rings. The van der Waals surface area contributed by atoms with E-state index in [9.17, 15) is 19.7 Å². The molecule has 0 aliphatic carbocycles. The molecule has 0 atom stereocenters. The number of rotatable bonds is 6. The molecule has 1 fully saturated rings. The van der Waals surface area contributed by atoms with Gasteiger partial charge in [0.2, 0.25) is 6.79 Å². The van der Waals surface area contributed by atoms with Crippen molar-refractivity contribution < 1.29 is 29.1 Å². The zero-order valence-corrected chi connectivity index (χ0v) is 14.8. The van der Waals surface area contributed by atoms with Gasteiger partial charge in [-0.15, -0.1) is 0 Å². The first-order chi connectivity index (χ1) is 12.4. The second kappa shape index (κ2) is 7.30. The monoisotopic (exact) mass is 396 g/mol. The summed E-state index contributed by atoms with van der Waals surface area (Å²) in [6.07, 6.45) is 1.57. The normalized spacial score (nSPS) is 17.2. The summed E-state index contributed by atoms with van der Waals surface area (Å²) >= 11 is 6.17. The first kappa shape index (κ1) is 18.1. The van der Waals surface area contributed by atoms with Crippen LogP contribution in [0.2, 0.25) is 0 Å². The standard InChI is InChI=1S/C15H12N2O7S2/c18-13(19)2-1-3-16-14(20)12(26-15(16)25)5-8-4-10-11(24-7-23-10)6-9(8)17(21)22/h4-6H,1-3,7H2,(H,18,19). The number of carboxylic acids is 1. The molecule has 1 aromatic carbocycles. The number of aliphatic carboxylic acids is 1. The summed E-state index contributed by atoms with van der Waals surface area (Å²) in [5.74, 6) is -0.729. The van der Waals surface area contributed by atoms with Crippen LogP contribution in [-0.4, -0.2) is 44.5 Å². The number of hydrogen-bond acceptors (Lipinski definition) is 8. The van der Waals surface area contributed by atoms with Crippen LogP contribution in [0, 0.1) is 10.1 Å². The molecule has 1 saturated heterocycles. The Bertz CT molecular complexity index is 853. The van der Waals surface area contributed by atoms with Gasteiger partial charge in [-0.3, -0.25) is 24.6 Å². The topological polar surface area (TPSA) is 119 Å². The first-order valence-electron chi connectivity index (χ1n) is 7.42. The summed E-state index contributed by atoms with van der Waals surface area (Å²) in [5.41, 5.74) is -0.0179. The Morgan fingerprint density at radius 1 is 1.42 bits per heavy atom. The molecular weight excluding hydrogens is 384 g/mol. The van der Waals surface area contributed by atoms with Crippen molar-refractivity contribution in [1.82, 2.24) is 4.90 Å². The average Bonchev–Trinajstić information content (AvgIpc) is 3.12. The summed E-state index contributed by atoms with van der Waals surface area (Å²) < 4.78 is 10.6. The largest absolute Gasteiger partial charge is 0.481 e. The minimum atomic E-state index is -0.957. The Morgan fingerprint density at radius 3 is 2.77 bits per heavy atom. The van der Waals surface area contributed by atoms with E-state index in [0.29, 0.717) is 5.75 Å². The quantitative estimate of drug-likeness (QED) is 0.334. The number of carboxylic acid groups (broad SMARTS) is 1. The highest BCUT2D eigenvalue weighted by molar-refractivity contribution is 8.26. The molecule has 26 heavy (non-hydrogen) atoms. The lowest BCUT2D eigenvalue weighted by Gasteiger charge is -2.13. The molecule has 0 saturated carbocycles. The molecule has 11 heteroatoms. The van der Waals surface area contributed by atoms with Gasteiger partial charge in [0.1, 0.15) is 4.32 Å². The average molecular weight is 396 g/mol. The smallest absolute Gasteiger partial charge is 0.303 e. The van der Waals surface area contributed by atoms with Gasteiger partial charge in [0, 0.05) is 13.0 Å². The van der Waals surface area contributed by atoms with Gasteiger partial charge < -0.3 is 14.6 Å². The van der Waals surface area contributed by atoms with Crippen LogP contribution in [0.5, 0.6) is 11.5 Å². The Hall–Kier alpha value is -2.66. The van der Waals surface area contributed by atoms with Crippen LogP contribution in [0.3, 0.4) is 0 Å². The van der Waals surface area contributed by atoms with E-state index >= 15 is 0 Å². The minimum Gasteiger partial charge on any atom is -0.481 e. The lowest BCUT2D eigenvalue weighted by Crippen LogP contribution is -2.29. The van der Waals surface area contributed by atoms with E-state index in [2.05, 4.69) is 0 Å². The van der Waals surface area contributed by atoms with Gasteiger partial charge in [-0.1, -0.05) is 24.0 Å². The zero-order chi connectivity index (χ0) is 18.8. The molecule has 3 rings (SSSR count). The molecule has 0 aromatic heterocycles. The summed E-state index contributed by atoms with van der Waals surface area (Å²) in [6.45, 7) is 0.152. The van der Waals surface area contributed by atoms with Crippen LogP contribution in [0.25, 0.3) is 6.08 Å². The molecule has 0 spiro atoms. The predicted molar refractivity (Wildman–Crippen MR) is 96.0 cm³/mol. The third-order valence-corrected chi connectivity index (χ3v) is 5.03. The molecular formula is C15H12N2O7S2. The van der Waals surface area contributed by atoms with Crippen molar-refractivity contribution in [2.75, 3.05) is 13.3 Å². The number of nitro benzene ring substituents is 1. The third kappa shape index (κ3) is 3.63. The van der Waals surface area contributed by atoms with Crippen molar-refractivity contribution >= 4 is 51.9 Å². The van der Waals surface area contributed by atoms with Crippen molar-refractivity contribution in [3.8, 4) is 11.5 Å². The number of thiocarbonyl (C=S) groups is 1. The van der Waals surface area contributed by atoms with Crippen molar-refractivity contribution in [3.05, 3.63) is 32.7 Å². The lowest BCUT2D eigenvalue weighted by atomic mass is 10.1. The van der Waals surface area contributed by atoms with Crippen LogP contribution >= 0.6 is 24.0 Å². The van der Waals surface area contributed by atoms with E-state index in [-0.39, 0.29) is 52.4 Å². The fourth-order valence-electron chi connectivity index (χ4n) is 2.44. The van der Waals surface area contributed by atoms with E-state index < -0.39 is 16.8 Å². The second-order valence-electron chi connectivity index (χ2n) is 5.35. The Balaban J connectivity index is 1.86. The summed E-state index contributed by atoms with van der Waals surface area (Å²) in [4.78, 5) is 35.4. The van der Waals surface area contributed by atoms with Crippen LogP contribution in [-0.2, 0) is 9.59 Å². The third-order valence-electron chi connectivity index (χ3n) is 3.65.